The van der Waals surface area contributed by atoms with E-state index in [1.54, 1.807) is 30.3 Å². The average Bonchev–Trinajstić information content (AvgIpc) is 2.53. The lowest BCUT2D eigenvalue weighted by Crippen LogP contribution is -2.25. The summed E-state index contributed by atoms with van der Waals surface area (Å²) in [6, 6.07) is 8.52. The molecular weight excluding hydrogens is 308 g/mol. The van der Waals surface area contributed by atoms with Gasteiger partial charge in [-0.15, -0.1) is 0 Å². The summed E-state index contributed by atoms with van der Waals surface area (Å²) in [7, 11) is -3.10. The molecule has 2 rings (SSSR count). The number of esters is 1. The van der Waals surface area contributed by atoms with Gasteiger partial charge >= 0.3 is 5.97 Å². The first-order valence-corrected chi connectivity index (χ1v) is 7.82. The Kier molecular flexibility index (Phi) is 3.53. The van der Waals surface area contributed by atoms with Crippen LogP contribution in [-0.4, -0.2) is 36.8 Å². The van der Waals surface area contributed by atoms with E-state index in [0.717, 1.165) is 0 Å². The number of benzene rings is 1. The molecule has 0 N–H and O–H groups in total. The third-order valence-electron chi connectivity index (χ3n) is 2.50. The molecular formula is C11H11BrO4S. The van der Waals surface area contributed by atoms with Crippen LogP contribution in [0.5, 0.6) is 0 Å². The van der Waals surface area contributed by atoms with Crippen molar-refractivity contribution in [2.45, 2.75) is 10.9 Å². The minimum absolute atomic E-state index is 0.0136. The second kappa shape index (κ2) is 4.78. The molecule has 0 radical (unpaired) electrons. The van der Waals surface area contributed by atoms with Crippen molar-refractivity contribution in [1.29, 1.82) is 0 Å². The summed E-state index contributed by atoms with van der Waals surface area (Å²) in [5, 5.41) is 0. The normalized spacial score (nSPS) is 26.6. The molecule has 4 nitrogen and oxygen atoms in total. The van der Waals surface area contributed by atoms with Crippen molar-refractivity contribution in [3.05, 3.63) is 35.9 Å². The average molecular weight is 319 g/mol. The zero-order valence-corrected chi connectivity index (χ0v) is 11.3. The van der Waals surface area contributed by atoms with Crippen molar-refractivity contribution in [1.82, 2.24) is 0 Å². The first kappa shape index (κ1) is 12.6. The number of hydrogen-bond donors (Lipinski definition) is 0. The molecule has 17 heavy (non-hydrogen) atoms. The van der Waals surface area contributed by atoms with Crippen LogP contribution < -0.4 is 0 Å². The number of ether oxygens (including phenoxy) is 1. The molecule has 1 heterocycles. The highest BCUT2D eigenvalue weighted by Crippen LogP contribution is 2.23. The van der Waals surface area contributed by atoms with Gasteiger partial charge in [-0.05, 0) is 12.1 Å². The number of rotatable bonds is 2. The largest absolute Gasteiger partial charge is 0.456 e. The van der Waals surface area contributed by atoms with Gasteiger partial charge in [0.1, 0.15) is 6.10 Å². The SMILES string of the molecule is O=C(O[C@@H]1CS(=O)(=O)C[C@@H]1Br)c1ccccc1. The van der Waals surface area contributed by atoms with Crippen molar-refractivity contribution in [3.8, 4) is 0 Å². The Morgan fingerprint density at radius 2 is 1.88 bits per heavy atom. The minimum Gasteiger partial charge on any atom is -0.456 e. The summed E-state index contributed by atoms with van der Waals surface area (Å²) >= 11 is 3.22. The number of hydrogen-bond acceptors (Lipinski definition) is 4. The molecule has 1 aromatic rings. The third-order valence-corrected chi connectivity index (χ3v) is 5.55. The van der Waals surface area contributed by atoms with E-state index >= 15 is 0 Å². The lowest BCUT2D eigenvalue weighted by Gasteiger charge is -2.13. The molecule has 92 valence electrons. The molecule has 6 heteroatoms. The van der Waals surface area contributed by atoms with Crippen LogP contribution in [0.4, 0.5) is 0 Å². The molecule has 0 bridgehead atoms. The number of alkyl halides is 1. The van der Waals surface area contributed by atoms with Gasteiger partial charge in [0.15, 0.2) is 9.84 Å². The predicted octanol–water partition coefficient (Wildman–Crippen LogP) is 1.40. The fraction of sp³-hybridized carbons (Fsp3) is 0.364. The fourth-order valence-corrected chi connectivity index (χ4v) is 5.05. The zero-order chi connectivity index (χ0) is 12.5. The van der Waals surface area contributed by atoms with Crippen molar-refractivity contribution < 1.29 is 17.9 Å². The van der Waals surface area contributed by atoms with E-state index in [1.165, 1.54) is 0 Å². The van der Waals surface area contributed by atoms with Crippen LogP contribution in [0.2, 0.25) is 0 Å². The van der Waals surface area contributed by atoms with Gasteiger partial charge in [0.05, 0.1) is 21.9 Å². The Morgan fingerprint density at radius 3 is 2.41 bits per heavy atom. The van der Waals surface area contributed by atoms with Gasteiger partial charge in [0.25, 0.3) is 0 Å². The summed E-state index contributed by atoms with van der Waals surface area (Å²) in [4.78, 5) is 11.4. The standard InChI is InChI=1S/C11H11BrO4S/c12-9-6-17(14,15)7-10(9)16-11(13)8-4-2-1-3-5-8/h1-5,9-10H,6-7H2/t9-,10+/m0/s1. The minimum atomic E-state index is -3.10. The van der Waals surface area contributed by atoms with E-state index in [4.69, 9.17) is 4.74 Å². The number of carbonyl (C=O) groups excluding carboxylic acids is 1. The molecule has 1 aromatic carbocycles. The van der Waals surface area contributed by atoms with Gasteiger partial charge in [-0.2, -0.15) is 0 Å². The first-order valence-electron chi connectivity index (χ1n) is 5.08. The molecule has 1 fully saturated rings. The van der Waals surface area contributed by atoms with Crippen LogP contribution in [0, 0.1) is 0 Å². The van der Waals surface area contributed by atoms with Crippen LogP contribution >= 0.6 is 15.9 Å². The highest BCUT2D eigenvalue weighted by Gasteiger charge is 2.38. The van der Waals surface area contributed by atoms with Gasteiger partial charge in [-0.25, -0.2) is 13.2 Å². The van der Waals surface area contributed by atoms with E-state index in [2.05, 4.69) is 15.9 Å². The molecule has 0 aliphatic carbocycles. The number of sulfone groups is 1. The second-order valence-electron chi connectivity index (χ2n) is 3.90. The Hall–Kier alpha value is -0.880. The molecule has 1 aliphatic rings. The highest BCUT2D eigenvalue weighted by molar-refractivity contribution is 9.09. The maximum Gasteiger partial charge on any atom is 0.338 e. The van der Waals surface area contributed by atoms with Crippen LogP contribution in [0.25, 0.3) is 0 Å². The van der Waals surface area contributed by atoms with Crippen LogP contribution in [0.3, 0.4) is 0 Å². The van der Waals surface area contributed by atoms with Crippen molar-refractivity contribution >= 4 is 31.7 Å². The van der Waals surface area contributed by atoms with Gasteiger partial charge in [0, 0.05) is 0 Å². The van der Waals surface area contributed by atoms with Gasteiger partial charge in [0.2, 0.25) is 0 Å². The topological polar surface area (TPSA) is 60.4 Å². The van der Waals surface area contributed by atoms with Gasteiger partial charge in [-0.1, -0.05) is 34.1 Å². The molecule has 0 spiro atoms. The Bertz CT molecular complexity index is 512. The summed E-state index contributed by atoms with van der Waals surface area (Å²) in [5.41, 5.74) is 0.427. The maximum absolute atomic E-state index is 11.7. The zero-order valence-electron chi connectivity index (χ0n) is 8.87. The highest BCUT2D eigenvalue weighted by atomic mass is 79.9. The summed E-state index contributed by atoms with van der Waals surface area (Å²) in [6.07, 6.45) is -0.604. The second-order valence-corrected chi connectivity index (χ2v) is 7.23. The Labute approximate surface area is 108 Å². The van der Waals surface area contributed by atoms with Crippen molar-refractivity contribution in [2.24, 2.45) is 0 Å². The maximum atomic E-state index is 11.7. The Morgan fingerprint density at radius 1 is 1.24 bits per heavy atom. The lowest BCUT2D eigenvalue weighted by molar-refractivity contribution is 0.0369. The summed E-state index contributed by atoms with van der Waals surface area (Å²) in [5.74, 6) is -0.585. The van der Waals surface area contributed by atoms with Crippen LogP contribution in [0.15, 0.2) is 30.3 Å². The quantitative estimate of drug-likeness (QED) is 0.611. The van der Waals surface area contributed by atoms with E-state index in [9.17, 15) is 13.2 Å². The smallest absolute Gasteiger partial charge is 0.338 e. The van der Waals surface area contributed by atoms with E-state index in [0.29, 0.717) is 5.56 Å². The van der Waals surface area contributed by atoms with Crippen molar-refractivity contribution in [2.75, 3.05) is 11.5 Å². The van der Waals surface area contributed by atoms with Gasteiger partial charge in [-0.3, -0.25) is 0 Å². The van der Waals surface area contributed by atoms with Crippen LogP contribution in [-0.2, 0) is 14.6 Å². The fourth-order valence-electron chi connectivity index (χ4n) is 1.66. The molecule has 0 unspecified atom stereocenters. The summed E-state index contributed by atoms with van der Waals surface area (Å²) in [6.45, 7) is 0. The monoisotopic (exact) mass is 318 g/mol. The molecule has 1 saturated heterocycles. The summed E-state index contributed by atoms with van der Waals surface area (Å²) < 4.78 is 27.9. The number of halogens is 1. The van der Waals surface area contributed by atoms with E-state index < -0.39 is 21.9 Å². The molecule has 0 aromatic heterocycles. The first-order chi connectivity index (χ1) is 7.98. The molecule has 0 amide bonds. The van der Waals surface area contributed by atoms with E-state index in [1.807, 2.05) is 0 Å². The van der Waals surface area contributed by atoms with Crippen molar-refractivity contribution in [3.63, 3.8) is 0 Å². The molecule has 0 saturated carbocycles. The lowest BCUT2D eigenvalue weighted by atomic mass is 10.2. The van der Waals surface area contributed by atoms with E-state index in [-0.39, 0.29) is 16.3 Å². The number of carbonyl (C=O) groups is 1. The van der Waals surface area contributed by atoms with Crippen LogP contribution in [0.1, 0.15) is 10.4 Å². The predicted molar refractivity (Wildman–Crippen MR) is 67.0 cm³/mol. The molecule has 2 atom stereocenters. The van der Waals surface area contributed by atoms with Gasteiger partial charge < -0.3 is 4.74 Å². The third kappa shape index (κ3) is 3.07. The molecule has 1 aliphatic heterocycles. The Balaban J connectivity index is 2.06.